The van der Waals surface area contributed by atoms with Crippen LogP contribution in [0.15, 0.2) is 36.7 Å². The molecule has 0 aliphatic heterocycles. The minimum Gasteiger partial charge on any atom is -0.359 e. The molecule has 1 unspecified atom stereocenters. The molecule has 0 spiro atoms. The van der Waals surface area contributed by atoms with Gasteiger partial charge in [-0.3, -0.25) is 9.78 Å². The highest BCUT2D eigenvalue weighted by atomic mass is 35.5. The molecule has 8 heteroatoms. The van der Waals surface area contributed by atoms with Crippen LogP contribution < -0.4 is 10.6 Å². The van der Waals surface area contributed by atoms with Crippen molar-refractivity contribution in [1.29, 1.82) is 0 Å². The Balaban J connectivity index is 1.24. The molecule has 1 aliphatic rings. The summed E-state index contributed by atoms with van der Waals surface area (Å²) >= 11 is 7.69. The second-order valence-corrected chi connectivity index (χ2v) is 8.29. The van der Waals surface area contributed by atoms with Crippen molar-refractivity contribution in [2.75, 3.05) is 5.32 Å². The molecule has 1 amide bonds. The summed E-state index contributed by atoms with van der Waals surface area (Å²) < 4.78 is 1.18. The minimum atomic E-state index is -0.199. The van der Waals surface area contributed by atoms with E-state index in [4.69, 9.17) is 11.6 Å². The third kappa shape index (κ3) is 4.20. The van der Waals surface area contributed by atoms with Gasteiger partial charge in [0.15, 0.2) is 5.13 Å². The van der Waals surface area contributed by atoms with Crippen molar-refractivity contribution < 1.29 is 4.79 Å². The van der Waals surface area contributed by atoms with E-state index in [1.165, 1.54) is 4.70 Å². The topological polar surface area (TPSA) is 79.8 Å². The number of hydrogen-bond donors (Lipinski definition) is 2. The SMILES string of the molecule is CC(Cc1nccnc1Cl)C(=O)N[C@H]1C[C@@H](Nc2nc3ccccc3s2)C1. The number of amides is 1. The highest BCUT2D eigenvalue weighted by Crippen LogP contribution is 2.30. The fraction of sp³-hybridized carbons (Fsp3) is 0.368. The zero-order valence-corrected chi connectivity index (χ0v) is 16.4. The Morgan fingerprint density at radius 2 is 2.04 bits per heavy atom. The predicted molar refractivity (Wildman–Crippen MR) is 108 cm³/mol. The Labute approximate surface area is 166 Å². The molecule has 2 aromatic heterocycles. The number of thiazole rings is 1. The number of rotatable bonds is 6. The van der Waals surface area contributed by atoms with Crippen molar-refractivity contribution in [2.45, 2.75) is 38.3 Å². The number of hydrogen-bond acceptors (Lipinski definition) is 6. The maximum Gasteiger partial charge on any atom is 0.223 e. The van der Waals surface area contributed by atoms with Crippen LogP contribution in [0.5, 0.6) is 0 Å². The molecule has 0 radical (unpaired) electrons. The molecule has 1 aromatic carbocycles. The summed E-state index contributed by atoms with van der Waals surface area (Å²) in [6, 6.07) is 8.66. The van der Waals surface area contributed by atoms with Crippen molar-refractivity contribution >= 4 is 44.2 Å². The molecule has 1 aliphatic carbocycles. The lowest BCUT2D eigenvalue weighted by atomic mass is 9.86. The Kier molecular flexibility index (Phi) is 5.22. The third-order valence-corrected chi connectivity index (χ3v) is 6.06. The summed E-state index contributed by atoms with van der Waals surface area (Å²) in [7, 11) is 0. The molecule has 1 atom stereocenters. The molecule has 2 N–H and O–H groups in total. The fourth-order valence-electron chi connectivity index (χ4n) is 3.18. The van der Waals surface area contributed by atoms with E-state index in [2.05, 4.69) is 31.7 Å². The summed E-state index contributed by atoms with van der Waals surface area (Å²) in [5.74, 6) is -0.171. The lowest BCUT2D eigenvalue weighted by Crippen LogP contribution is -2.51. The highest BCUT2D eigenvalue weighted by molar-refractivity contribution is 7.22. The molecule has 1 saturated carbocycles. The first-order chi connectivity index (χ1) is 13.1. The van der Waals surface area contributed by atoms with Gasteiger partial charge >= 0.3 is 0 Å². The van der Waals surface area contributed by atoms with Crippen molar-refractivity contribution in [2.24, 2.45) is 5.92 Å². The van der Waals surface area contributed by atoms with Crippen molar-refractivity contribution in [3.63, 3.8) is 0 Å². The summed E-state index contributed by atoms with van der Waals surface area (Å²) in [5.41, 5.74) is 1.68. The normalized spacial score (nSPS) is 20.1. The Morgan fingerprint density at radius 3 is 2.81 bits per heavy atom. The van der Waals surface area contributed by atoms with E-state index in [1.54, 1.807) is 23.7 Å². The van der Waals surface area contributed by atoms with Gasteiger partial charge in [0.2, 0.25) is 5.91 Å². The first kappa shape index (κ1) is 18.1. The molecule has 2 heterocycles. The van der Waals surface area contributed by atoms with E-state index in [-0.39, 0.29) is 17.9 Å². The molecular formula is C19H20ClN5OS. The van der Waals surface area contributed by atoms with Gasteiger partial charge in [0.1, 0.15) is 5.15 Å². The van der Waals surface area contributed by atoms with E-state index < -0.39 is 0 Å². The van der Waals surface area contributed by atoms with Crippen LogP contribution in [0.3, 0.4) is 0 Å². The Hall–Kier alpha value is -2.25. The second-order valence-electron chi connectivity index (χ2n) is 6.90. The number of para-hydroxylation sites is 1. The quantitative estimate of drug-likeness (QED) is 0.658. The first-order valence-electron chi connectivity index (χ1n) is 8.96. The van der Waals surface area contributed by atoms with Gasteiger partial charge in [-0.05, 0) is 25.0 Å². The summed E-state index contributed by atoms with van der Waals surface area (Å²) in [4.78, 5) is 25.2. The summed E-state index contributed by atoms with van der Waals surface area (Å²) in [6.07, 6.45) is 5.43. The number of halogens is 1. The van der Waals surface area contributed by atoms with Crippen LogP contribution in [0, 0.1) is 5.92 Å². The van der Waals surface area contributed by atoms with Crippen LogP contribution in [0.1, 0.15) is 25.5 Å². The maximum atomic E-state index is 12.4. The maximum absolute atomic E-state index is 12.4. The van der Waals surface area contributed by atoms with Crippen LogP contribution >= 0.6 is 22.9 Å². The molecule has 0 bridgehead atoms. The van der Waals surface area contributed by atoms with Crippen LogP contribution in [-0.2, 0) is 11.2 Å². The standard InChI is InChI=1S/C19H20ClN5OS/c1-11(8-15-17(20)22-7-6-21-15)18(26)23-12-9-13(10-12)24-19-25-14-4-2-3-5-16(14)27-19/h2-7,11-13H,8-10H2,1H3,(H,23,26)(H,24,25)/t11?,12-,13+. The number of aromatic nitrogens is 3. The van der Waals surface area contributed by atoms with E-state index in [1.807, 2.05) is 25.1 Å². The fourth-order valence-corrected chi connectivity index (χ4v) is 4.30. The number of fused-ring (bicyclic) bond motifs is 1. The van der Waals surface area contributed by atoms with Gasteiger partial charge in [-0.2, -0.15) is 0 Å². The monoisotopic (exact) mass is 401 g/mol. The van der Waals surface area contributed by atoms with Gasteiger partial charge in [0.25, 0.3) is 0 Å². The largest absolute Gasteiger partial charge is 0.359 e. The van der Waals surface area contributed by atoms with Gasteiger partial charge in [-0.15, -0.1) is 0 Å². The molecule has 0 saturated heterocycles. The smallest absolute Gasteiger partial charge is 0.223 e. The van der Waals surface area contributed by atoms with Crippen LogP contribution in [0.4, 0.5) is 5.13 Å². The van der Waals surface area contributed by atoms with Crippen molar-refractivity contribution in [3.8, 4) is 0 Å². The lowest BCUT2D eigenvalue weighted by molar-refractivity contribution is -0.125. The van der Waals surface area contributed by atoms with Gasteiger partial charge in [0.05, 0.1) is 15.9 Å². The Morgan fingerprint density at radius 1 is 1.26 bits per heavy atom. The van der Waals surface area contributed by atoms with Crippen LogP contribution in [-0.4, -0.2) is 32.9 Å². The van der Waals surface area contributed by atoms with Crippen molar-refractivity contribution in [1.82, 2.24) is 20.3 Å². The van der Waals surface area contributed by atoms with E-state index in [9.17, 15) is 4.79 Å². The molecule has 27 heavy (non-hydrogen) atoms. The lowest BCUT2D eigenvalue weighted by Gasteiger charge is -2.36. The van der Waals surface area contributed by atoms with E-state index in [0.717, 1.165) is 23.5 Å². The first-order valence-corrected chi connectivity index (χ1v) is 10.2. The molecular weight excluding hydrogens is 382 g/mol. The molecule has 6 nitrogen and oxygen atoms in total. The zero-order valence-electron chi connectivity index (χ0n) is 14.9. The number of nitrogens with zero attached hydrogens (tertiary/aromatic N) is 3. The molecule has 1 fully saturated rings. The molecule has 4 rings (SSSR count). The van der Waals surface area contributed by atoms with E-state index >= 15 is 0 Å². The predicted octanol–water partition coefficient (Wildman–Crippen LogP) is 3.68. The average molecular weight is 402 g/mol. The van der Waals surface area contributed by atoms with Gasteiger partial charge < -0.3 is 10.6 Å². The van der Waals surface area contributed by atoms with E-state index in [0.29, 0.717) is 23.3 Å². The highest BCUT2D eigenvalue weighted by Gasteiger charge is 2.32. The average Bonchev–Trinajstić information content (AvgIpc) is 3.04. The van der Waals surface area contributed by atoms with Crippen molar-refractivity contribution in [3.05, 3.63) is 47.5 Å². The zero-order chi connectivity index (χ0) is 18.8. The van der Waals surface area contributed by atoms with Crippen LogP contribution in [0.2, 0.25) is 5.15 Å². The number of nitrogens with one attached hydrogen (secondary N) is 2. The number of carbonyl (C=O) groups excluding carboxylic acids is 1. The number of carbonyl (C=O) groups is 1. The number of benzene rings is 1. The summed E-state index contributed by atoms with van der Waals surface area (Å²) in [6.45, 7) is 1.88. The van der Waals surface area contributed by atoms with Gasteiger partial charge in [0, 0.05) is 36.8 Å². The molecule has 140 valence electrons. The molecule has 3 aromatic rings. The minimum absolute atomic E-state index is 0.0279. The summed E-state index contributed by atoms with van der Waals surface area (Å²) in [5, 5.41) is 7.88. The Bertz CT molecular complexity index is 923. The second kappa shape index (κ2) is 7.78. The van der Waals surface area contributed by atoms with Gasteiger partial charge in [-0.1, -0.05) is 42.0 Å². The third-order valence-electron chi connectivity index (χ3n) is 4.78. The van der Waals surface area contributed by atoms with Gasteiger partial charge in [-0.25, -0.2) is 9.97 Å². The number of anilines is 1. The van der Waals surface area contributed by atoms with Crippen LogP contribution in [0.25, 0.3) is 10.2 Å².